The van der Waals surface area contributed by atoms with Crippen molar-refractivity contribution in [3.63, 3.8) is 0 Å². The molecule has 0 radical (unpaired) electrons. The molecule has 1 aliphatic rings. The molecule has 0 saturated heterocycles. The predicted octanol–water partition coefficient (Wildman–Crippen LogP) is 4.42. The van der Waals surface area contributed by atoms with Gasteiger partial charge in [-0.2, -0.15) is 18.3 Å². The lowest BCUT2D eigenvalue weighted by Gasteiger charge is -2.31. The van der Waals surface area contributed by atoms with E-state index in [1.807, 2.05) is 13.8 Å². The average Bonchev–Trinajstić information content (AvgIpc) is 3.53. The van der Waals surface area contributed by atoms with Crippen LogP contribution in [0.4, 0.5) is 17.6 Å². The van der Waals surface area contributed by atoms with Crippen LogP contribution in [0.1, 0.15) is 59.8 Å². The molecule has 0 fully saturated rings. The summed E-state index contributed by atoms with van der Waals surface area (Å²) in [7, 11) is 0. The van der Waals surface area contributed by atoms with Gasteiger partial charge in [0.1, 0.15) is 29.3 Å². The Morgan fingerprint density at radius 1 is 1.17 bits per heavy atom. The maximum absolute atomic E-state index is 14.6. The second kappa shape index (κ2) is 10.4. The number of nitrogens with zero attached hydrogens (tertiary/aromatic N) is 2. The number of ether oxygens (including phenoxy) is 1. The molecule has 3 atom stereocenters. The van der Waals surface area contributed by atoms with Gasteiger partial charge in [-0.1, -0.05) is 13.8 Å². The third-order valence-electron chi connectivity index (χ3n) is 7.40. The van der Waals surface area contributed by atoms with Crippen molar-refractivity contribution >= 4 is 22.7 Å². The number of rotatable bonds is 7. The molecule has 3 heterocycles. The highest BCUT2D eigenvalue weighted by Crippen LogP contribution is 2.47. The lowest BCUT2D eigenvalue weighted by molar-refractivity contribution is -0.265. The maximum atomic E-state index is 14.6. The lowest BCUT2D eigenvalue weighted by atomic mass is 9.89. The van der Waals surface area contributed by atoms with Crippen LogP contribution in [0.15, 0.2) is 48.7 Å². The quantitative estimate of drug-likeness (QED) is 0.237. The van der Waals surface area contributed by atoms with Crippen molar-refractivity contribution in [2.24, 2.45) is 5.73 Å². The minimum absolute atomic E-state index is 0.00940. The molecule has 42 heavy (non-hydrogen) atoms. The number of alkyl halides is 3. The number of pyridine rings is 1. The number of primary amides is 1. The Balaban J connectivity index is 1.58. The molecule has 2 aromatic carbocycles. The number of aromatic nitrogens is 3. The van der Waals surface area contributed by atoms with Gasteiger partial charge in [0.15, 0.2) is 0 Å². The second-order valence-corrected chi connectivity index (χ2v) is 10.6. The van der Waals surface area contributed by atoms with Gasteiger partial charge in [0.05, 0.1) is 24.0 Å². The molecule has 13 heteroatoms. The molecular weight excluding hydrogens is 558 g/mol. The Morgan fingerprint density at radius 3 is 2.48 bits per heavy atom. The van der Waals surface area contributed by atoms with E-state index in [0.29, 0.717) is 10.9 Å². The molecule has 0 spiro atoms. The predicted molar refractivity (Wildman–Crippen MR) is 144 cm³/mol. The molecule has 0 bridgehead atoms. The number of nitrogens with one attached hydrogen (secondary N) is 2. The number of fused-ring (bicyclic) bond motifs is 2. The number of H-pyrrole nitrogens is 1. The average molecular weight is 586 g/mol. The highest BCUT2D eigenvalue weighted by Gasteiger charge is 2.57. The number of amides is 2. The van der Waals surface area contributed by atoms with Gasteiger partial charge >= 0.3 is 6.18 Å². The molecule has 4 aromatic rings. The van der Waals surface area contributed by atoms with Crippen LogP contribution in [-0.2, 0) is 10.4 Å². The molecule has 220 valence electrons. The first kappa shape index (κ1) is 29.0. The van der Waals surface area contributed by atoms with Gasteiger partial charge < -0.3 is 20.9 Å². The Bertz CT molecular complexity index is 1690. The van der Waals surface area contributed by atoms with E-state index in [1.54, 1.807) is 6.07 Å². The van der Waals surface area contributed by atoms with Crippen LogP contribution in [0, 0.1) is 5.82 Å². The summed E-state index contributed by atoms with van der Waals surface area (Å²) in [4.78, 5) is 29.5. The molecule has 5 N–H and O–H groups in total. The van der Waals surface area contributed by atoms with Gasteiger partial charge in [-0.05, 0) is 60.9 Å². The molecule has 5 rings (SSSR count). The van der Waals surface area contributed by atoms with Gasteiger partial charge in [0, 0.05) is 22.1 Å². The maximum Gasteiger partial charge on any atom is 0.424 e. The van der Waals surface area contributed by atoms with E-state index < -0.39 is 53.7 Å². The zero-order valence-corrected chi connectivity index (χ0v) is 22.7. The molecule has 2 amide bonds. The van der Waals surface area contributed by atoms with Gasteiger partial charge in [0.25, 0.3) is 5.91 Å². The topological polar surface area (TPSA) is 143 Å². The van der Waals surface area contributed by atoms with E-state index in [-0.39, 0.29) is 34.1 Å². The Hall–Kier alpha value is -4.52. The first-order valence-electron chi connectivity index (χ1n) is 13.0. The van der Waals surface area contributed by atoms with Crippen molar-refractivity contribution in [2.45, 2.75) is 50.5 Å². The molecule has 1 aliphatic heterocycles. The van der Waals surface area contributed by atoms with Crippen LogP contribution in [-0.4, -0.2) is 50.9 Å². The smallest absolute Gasteiger partial charge is 0.424 e. The normalized spacial score (nSPS) is 18.0. The lowest BCUT2D eigenvalue weighted by Crippen LogP contribution is -2.51. The summed E-state index contributed by atoms with van der Waals surface area (Å²) in [5.41, 5.74) is 2.47. The second-order valence-electron chi connectivity index (χ2n) is 10.6. The fraction of sp³-hybridized carbons (Fsp3) is 0.310. The minimum Gasteiger partial charge on any atom is -0.487 e. The third kappa shape index (κ3) is 4.93. The van der Waals surface area contributed by atoms with E-state index >= 15 is 0 Å². The van der Waals surface area contributed by atoms with Crippen LogP contribution in [0.25, 0.3) is 22.2 Å². The summed E-state index contributed by atoms with van der Waals surface area (Å²) in [6.07, 6.45) is -4.68. The number of nitrogens with two attached hydrogens (primary N) is 1. The Kier molecular flexibility index (Phi) is 7.17. The first-order chi connectivity index (χ1) is 19.7. The van der Waals surface area contributed by atoms with Crippen LogP contribution < -0.4 is 15.8 Å². The van der Waals surface area contributed by atoms with E-state index in [9.17, 15) is 32.3 Å². The van der Waals surface area contributed by atoms with Crippen LogP contribution >= 0.6 is 0 Å². The van der Waals surface area contributed by atoms with Crippen molar-refractivity contribution in [3.05, 3.63) is 76.9 Å². The molecule has 0 saturated carbocycles. The van der Waals surface area contributed by atoms with Crippen molar-refractivity contribution in [1.29, 1.82) is 0 Å². The largest absolute Gasteiger partial charge is 0.487 e. The summed E-state index contributed by atoms with van der Waals surface area (Å²) in [6, 6.07) is 8.65. The molecule has 0 aliphatic carbocycles. The number of aromatic amines is 1. The fourth-order valence-corrected chi connectivity index (χ4v) is 5.13. The van der Waals surface area contributed by atoms with E-state index in [1.165, 1.54) is 31.3 Å². The van der Waals surface area contributed by atoms with Gasteiger partial charge in [-0.3, -0.25) is 14.7 Å². The number of carbonyl (C=O) groups excluding carboxylic acids is 2. The summed E-state index contributed by atoms with van der Waals surface area (Å²) in [5.74, 6) is -3.51. The van der Waals surface area contributed by atoms with Crippen molar-refractivity contribution in [3.8, 4) is 17.0 Å². The Labute approximate surface area is 237 Å². The summed E-state index contributed by atoms with van der Waals surface area (Å²) < 4.78 is 63.3. The monoisotopic (exact) mass is 585 g/mol. The Morgan fingerprint density at radius 2 is 1.86 bits per heavy atom. The number of hydrogen-bond acceptors (Lipinski definition) is 6. The molecule has 9 nitrogen and oxygen atoms in total. The van der Waals surface area contributed by atoms with Crippen molar-refractivity contribution in [1.82, 2.24) is 20.5 Å². The molecule has 2 aromatic heterocycles. The summed E-state index contributed by atoms with van der Waals surface area (Å²) in [6.45, 7) is 3.99. The zero-order valence-electron chi connectivity index (χ0n) is 22.7. The number of aliphatic hydroxyl groups is 1. The van der Waals surface area contributed by atoms with Gasteiger partial charge in [-0.15, -0.1) is 0 Å². The van der Waals surface area contributed by atoms with E-state index in [4.69, 9.17) is 10.5 Å². The number of carbonyl (C=O) groups is 2. The van der Waals surface area contributed by atoms with E-state index in [0.717, 1.165) is 23.8 Å². The van der Waals surface area contributed by atoms with Crippen LogP contribution in [0.3, 0.4) is 0 Å². The van der Waals surface area contributed by atoms with Crippen molar-refractivity contribution < 1.29 is 37.0 Å². The SMILES string of the molecule is CC(C)c1cc(C(=O)NCC(O)(c2cc3c(c(-c4ccc(F)cc4)n2)OC(C)[C@@H]3C(N)=O)C(F)(F)F)cc2cn[nH]c12. The van der Waals surface area contributed by atoms with Crippen LogP contribution in [0.5, 0.6) is 5.75 Å². The van der Waals surface area contributed by atoms with Gasteiger partial charge in [0.2, 0.25) is 11.5 Å². The first-order valence-corrected chi connectivity index (χ1v) is 13.0. The number of hydrogen-bond donors (Lipinski definition) is 4. The standard InChI is InChI=1S/C29H27F4N5O4/c1-13(2)19-9-16(8-17-11-36-38-23(17)19)27(40)35-12-28(41,29(31,32)33)21-10-20-22(26(34)39)14(3)42-25(20)24(37-21)15-4-6-18(30)7-5-15/h4-11,13-14,22,41H,12H2,1-3H3,(H2,34,39)(H,35,40)(H,36,38)/t14?,22-,28?/m0/s1. The van der Waals surface area contributed by atoms with Crippen LogP contribution in [0.2, 0.25) is 0 Å². The highest BCUT2D eigenvalue weighted by molar-refractivity contribution is 5.99. The third-order valence-corrected chi connectivity index (χ3v) is 7.40. The number of benzene rings is 2. The minimum atomic E-state index is -5.33. The fourth-order valence-electron chi connectivity index (χ4n) is 5.13. The zero-order chi connectivity index (χ0) is 30.6. The summed E-state index contributed by atoms with van der Waals surface area (Å²) in [5, 5.41) is 20.8. The summed E-state index contributed by atoms with van der Waals surface area (Å²) >= 11 is 0. The highest BCUT2D eigenvalue weighted by atomic mass is 19.4. The van der Waals surface area contributed by atoms with Gasteiger partial charge in [-0.25, -0.2) is 9.37 Å². The molecular formula is C29H27F4N5O4. The van der Waals surface area contributed by atoms with E-state index in [2.05, 4.69) is 20.5 Å². The molecule has 2 unspecified atom stereocenters. The van der Waals surface area contributed by atoms with Crippen molar-refractivity contribution in [2.75, 3.05) is 6.54 Å². The number of halogens is 4.